The Hall–Kier alpha value is -3.10. The molecule has 0 bridgehead atoms. The third-order valence-corrected chi connectivity index (χ3v) is 4.71. The van der Waals surface area contributed by atoms with E-state index < -0.39 is 5.92 Å². The molecular formula is C21H24F2N4O3. The van der Waals surface area contributed by atoms with E-state index in [0.29, 0.717) is 11.4 Å². The maximum absolute atomic E-state index is 13.2. The van der Waals surface area contributed by atoms with E-state index in [1.165, 1.54) is 25.4 Å². The Balaban J connectivity index is 1.47. The summed E-state index contributed by atoms with van der Waals surface area (Å²) in [5.41, 5.74) is 1.10. The van der Waals surface area contributed by atoms with Crippen LogP contribution in [0.15, 0.2) is 36.7 Å². The smallest absolute Gasteiger partial charge is 0.251 e. The molecule has 9 heteroatoms. The second-order valence-electron chi connectivity index (χ2n) is 7.19. The number of alkyl halides is 2. The molecule has 0 spiro atoms. The van der Waals surface area contributed by atoms with Crippen molar-refractivity contribution in [1.29, 1.82) is 0 Å². The van der Waals surface area contributed by atoms with Gasteiger partial charge in [0.15, 0.2) is 0 Å². The Morgan fingerprint density at radius 3 is 2.70 bits per heavy atom. The molecule has 3 rings (SSSR count). The van der Waals surface area contributed by atoms with Gasteiger partial charge in [-0.15, -0.1) is 0 Å². The first-order valence-corrected chi connectivity index (χ1v) is 9.87. The minimum atomic E-state index is -2.74. The molecule has 2 aromatic rings. The minimum Gasteiger partial charge on any atom is -0.477 e. The van der Waals surface area contributed by atoms with Gasteiger partial charge in [-0.3, -0.25) is 9.59 Å². The molecule has 0 aromatic carbocycles. The fourth-order valence-electron chi connectivity index (χ4n) is 2.58. The van der Waals surface area contributed by atoms with Crippen molar-refractivity contribution in [2.45, 2.75) is 45.1 Å². The first-order chi connectivity index (χ1) is 14.4. The lowest BCUT2D eigenvalue weighted by Crippen LogP contribution is -2.23. The van der Waals surface area contributed by atoms with Crippen LogP contribution in [0.4, 0.5) is 14.6 Å². The lowest BCUT2D eigenvalue weighted by atomic mass is 10.2. The Morgan fingerprint density at radius 1 is 1.23 bits per heavy atom. The van der Waals surface area contributed by atoms with Gasteiger partial charge in [0, 0.05) is 49.3 Å². The number of ether oxygens (including phenoxy) is 1. The highest BCUT2D eigenvalue weighted by molar-refractivity contribution is 5.97. The number of nitrogens with one attached hydrogen (secondary N) is 2. The van der Waals surface area contributed by atoms with Crippen molar-refractivity contribution in [3.8, 4) is 5.88 Å². The lowest BCUT2D eigenvalue weighted by molar-refractivity contribution is -0.117. The summed E-state index contributed by atoms with van der Waals surface area (Å²) < 4.78 is 31.6. The van der Waals surface area contributed by atoms with Crippen LogP contribution in [0.25, 0.3) is 0 Å². The predicted molar refractivity (Wildman–Crippen MR) is 106 cm³/mol. The molecule has 7 nitrogen and oxygen atoms in total. The number of halogens is 2. The Kier molecular flexibility index (Phi) is 6.91. The summed E-state index contributed by atoms with van der Waals surface area (Å²) in [4.78, 5) is 32.3. The summed E-state index contributed by atoms with van der Waals surface area (Å²) in [6.45, 7) is 1.54. The second-order valence-corrected chi connectivity index (χ2v) is 7.19. The van der Waals surface area contributed by atoms with Crippen molar-refractivity contribution in [3.63, 3.8) is 0 Å². The van der Waals surface area contributed by atoms with Crippen molar-refractivity contribution < 1.29 is 23.1 Å². The average Bonchev–Trinajstić information content (AvgIpc) is 3.58. The Labute approximate surface area is 173 Å². The predicted octanol–water partition coefficient (Wildman–Crippen LogP) is 3.57. The van der Waals surface area contributed by atoms with Crippen LogP contribution in [0, 0.1) is 5.92 Å². The van der Waals surface area contributed by atoms with Gasteiger partial charge in [-0.05, 0) is 30.5 Å². The number of amides is 2. The van der Waals surface area contributed by atoms with Crippen molar-refractivity contribution in [1.82, 2.24) is 15.3 Å². The van der Waals surface area contributed by atoms with Crippen LogP contribution >= 0.6 is 0 Å². The number of anilines is 1. The van der Waals surface area contributed by atoms with Gasteiger partial charge in [0.2, 0.25) is 11.8 Å². The van der Waals surface area contributed by atoms with Crippen molar-refractivity contribution >= 4 is 17.6 Å². The average molecular weight is 418 g/mol. The first kappa shape index (κ1) is 21.6. The van der Waals surface area contributed by atoms with E-state index in [4.69, 9.17) is 4.74 Å². The van der Waals surface area contributed by atoms with E-state index in [0.717, 1.165) is 18.4 Å². The Morgan fingerprint density at radius 2 is 2.03 bits per heavy atom. The van der Waals surface area contributed by atoms with Gasteiger partial charge in [-0.1, -0.05) is 13.0 Å². The molecule has 0 atom stereocenters. The maximum Gasteiger partial charge on any atom is 0.251 e. The second kappa shape index (κ2) is 9.60. The molecule has 1 saturated carbocycles. The highest BCUT2D eigenvalue weighted by atomic mass is 19.3. The molecule has 0 unspecified atom stereocenters. The van der Waals surface area contributed by atoms with Crippen molar-refractivity contribution in [2.24, 2.45) is 5.92 Å². The summed E-state index contributed by atoms with van der Waals surface area (Å²) in [6.07, 6.45) is 4.16. The van der Waals surface area contributed by atoms with Crippen molar-refractivity contribution in [2.75, 3.05) is 11.9 Å². The van der Waals surface area contributed by atoms with E-state index in [1.807, 2.05) is 0 Å². The fourth-order valence-corrected chi connectivity index (χ4v) is 2.58. The summed E-state index contributed by atoms with van der Waals surface area (Å²) >= 11 is 0. The SMILES string of the molecule is CCC(F)(F)CCOc1ccc(CNC(=O)c2ccnc(NC(=O)C3CC3)c2)cn1. The molecule has 2 heterocycles. The number of carbonyl (C=O) groups is 2. The number of nitrogens with zero attached hydrogens (tertiary/aromatic N) is 2. The number of rotatable bonds is 10. The van der Waals surface area contributed by atoms with Crippen LogP contribution in [0.5, 0.6) is 5.88 Å². The van der Waals surface area contributed by atoms with Gasteiger partial charge in [-0.25, -0.2) is 18.7 Å². The Bertz CT molecular complexity index is 886. The van der Waals surface area contributed by atoms with Crippen LogP contribution in [0.1, 0.15) is 48.5 Å². The first-order valence-electron chi connectivity index (χ1n) is 9.87. The molecule has 2 aromatic heterocycles. The highest BCUT2D eigenvalue weighted by Crippen LogP contribution is 2.30. The quantitative estimate of drug-likeness (QED) is 0.615. The minimum absolute atomic E-state index is 0.0480. The number of carbonyl (C=O) groups excluding carboxylic acids is 2. The number of pyridine rings is 2. The van der Waals surface area contributed by atoms with E-state index in [1.54, 1.807) is 18.2 Å². The molecule has 160 valence electrons. The number of hydrogen-bond donors (Lipinski definition) is 2. The molecule has 2 N–H and O–H groups in total. The van der Waals surface area contributed by atoms with Gasteiger partial charge in [0.1, 0.15) is 5.82 Å². The molecule has 1 fully saturated rings. The lowest BCUT2D eigenvalue weighted by Gasteiger charge is -2.14. The van der Waals surface area contributed by atoms with Gasteiger partial charge in [-0.2, -0.15) is 0 Å². The summed E-state index contributed by atoms with van der Waals surface area (Å²) in [5, 5.41) is 5.47. The van der Waals surface area contributed by atoms with E-state index in [9.17, 15) is 18.4 Å². The topological polar surface area (TPSA) is 93.2 Å². The van der Waals surface area contributed by atoms with Crippen LogP contribution in [0.3, 0.4) is 0 Å². The molecule has 0 radical (unpaired) electrons. The highest BCUT2D eigenvalue weighted by Gasteiger charge is 2.30. The molecule has 1 aliphatic rings. The molecule has 2 amide bonds. The number of aromatic nitrogens is 2. The summed E-state index contributed by atoms with van der Waals surface area (Å²) in [7, 11) is 0. The molecule has 0 saturated heterocycles. The maximum atomic E-state index is 13.2. The number of hydrogen-bond acceptors (Lipinski definition) is 5. The molecular weight excluding hydrogens is 394 g/mol. The van der Waals surface area contributed by atoms with Gasteiger partial charge in [0.25, 0.3) is 11.8 Å². The van der Waals surface area contributed by atoms with Gasteiger partial charge < -0.3 is 15.4 Å². The van der Waals surface area contributed by atoms with Gasteiger partial charge in [0.05, 0.1) is 6.61 Å². The van der Waals surface area contributed by atoms with Gasteiger partial charge >= 0.3 is 0 Å². The normalized spacial score (nSPS) is 13.6. The van der Waals surface area contributed by atoms with Crippen LogP contribution in [0.2, 0.25) is 0 Å². The fraction of sp³-hybridized carbons (Fsp3) is 0.429. The van der Waals surface area contributed by atoms with Crippen LogP contribution in [-0.2, 0) is 11.3 Å². The standard InChI is InChI=1S/C21H24F2N4O3/c1-2-21(22,23)8-10-30-18-6-3-14(12-25-18)13-26-19(28)16-7-9-24-17(11-16)27-20(29)15-4-5-15/h3,6-7,9,11-12,15H,2,4-5,8,10,13H2,1H3,(H,26,28)(H,24,27,29). The largest absolute Gasteiger partial charge is 0.477 e. The van der Waals surface area contributed by atoms with Crippen molar-refractivity contribution in [3.05, 3.63) is 47.8 Å². The zero-order valence-electron chi connectivity index (χ0n) is 16.7. The molecule has 1 aliphatic carbocycles. The van der Waals surface area contributed by atoms with E-state index in [2.05, 4.69) is 20.6 Å². The molecule has 30 heavy (non-hydrogen) atoms. The van der Waals surface area contributed by atoms with E-state index in [-0.39, 0.29) is 49.6 Å². The monoisotopic (exact) mass is 418 g/mol. The van der Waals surface area contributed by atoms with Crippen LogP contribution in [-0.4, -0.2) is 34.3 Å². The third kappa shape index (κ3) is 6.47. The third-order valence-electron chi connectivity index (χ3n) is 4.71. The van der Waals surface area contributed by atoms with E-state index >= 15 is 0 Å². The summed E-state index contributed by atoms with van der Waals surface area (Å²) in [5.74, 6) is -2.49. The molecule has 0 aliphatic heterocycles. The zero-order valence-corrected chi connectivity index (χ0v) is 16.7. The summed E-state index contributed by atoms with van der Waals surface area (Å²) in [6, 6.07) is 6.36. The van der Waals surface area contributed by atoms with Crippen LogP contribution < -0.4 is 15.4 Å². The zero-order chi connectivity index (χ0) is 21.6.